The van der Waals surface area contributed by atoms with Gasteiger partial charge >= 0.3 is 5.37 Å². The Balaban J connectivity index is 0.000000147. The first-order valence-electron chi connectivity index (χ1n) is 12.5. The monoisotopic (exact) mass is 534 g/mol. The third-order valence-corrected chi connectivity index (χ3v) is 8.66. The molecular weight excluding hydrogens is 503 g/mol. The predicted molar refractivity (Wildman–Crippen MR) is 143 cm³/mol. The number of likely N-dealkylation sites (tertiary alicyclic amines) is 3. The van der Waals surface area contributed by atoms with Crippen molar-refractivity contribution in [1.29, 1.82) is 0 Å². The molecule has 0 aliphatic carbocycles. The Morgan fingerprint density at radius 3 is 1.49 bits per heavy atom. The molecule has 4 atom stereocenters. The number of amides is 1. The molecule has 2 aromatic rings. The standard InChI is InChI=1S/C14H16Cl2N2O.C13H17ClN2/c15-13-3-1-10(2-4-13)5-17-6-11-8-18(14(16)19)9-12(11)7-17;14-13-3-1-10(2-4-13)7-16-8-11-5-15-6-12(11)9-16/h1-4,11-12H,5-9H2;1-4,11-12,15H,5-9H2. The number of carbonyl (C=O) groups is 1. The maximum absolute atomic E-state index is 11.1. The van der Waals surface area contributed by atoms with Crippen LogP contribution in [-0.2, 0) is 13.1 Å². The zero-order valence-electron chi connectivity index (χ0n) is 19.9. The molecule has 2 aromatic carbocycles. The van der Waals surface area contributed by atoms with Gasteiger partial charge in [-0.05, 0) is 83.8 Å². The van der Waals surface area contributed by atoms with Crippen LogP contribution < -0.4 is 5.32 Å². The fourth-order valence-electron chi connectivity index (χ4n) is 6.14. The van der Waals surface area contributed by atoms with Crippen molar-refractivity contribution in [3.8, 4) is 0 Å². The second-order valence-electron chi connectivity index (χ2n) is 10.5. The summed E-state index contributed by atoms with van der Waals surface area (Å²) in [6.45, 7) is 10.7. The minimum absolute atomic E-state index is 0.307. The number of hydrogen-bond donors (Lipinski definition) is 1. The third kappa shape index (κ3) is 6.51. The van der Waals surface area contributed by atoms with Gasteiger partial charge in [-0.2, -0.15) is 0 Å². The van der Waals surface area contributed by atoms with Crippen LogP contribution in [0, 0.1) is 23.7 Å². The van der Waals surface area contributed by atoms with Gasteiger partial charge in [-0.3, -0.25) is 14.6 Å². The van der Waals surface area contributed by atoms with Gasteiger partial charge in [0, 0.05) is 62.4 Å². The highest BCUT2D eigenvalue weighted by atomic mass is 35.5. The molecule has 8 heteroatoms. The molecule has 0 spiro atoms. The Labute approximate surface area is 223 Å². The van der Waals surface area contributed by atoms with E-state index < -0.39 is 0 Å². The summed E-state index contributed by atoms with van der Waals surface area (Å²) in [5.74, 6) is 2.92. The van der Waals surface area contributed by atoms with Crippen LogP contribution in [0.2, 0.25) is 10.0 Å². The fraction of sp³-hybridized carbons (Fsp3) is 0.519. The van der Waals surface area contributed by atoms with E-state index in [-0.39, 0.29) is 5.37 Å². The van der Waals surface area contributed by atoms with Crippen molar-refractivity contribution in [2.45, 2.75) is 13.1 Å². The Bertz CT molecular complexity index is 976. The number of fused-ring (bicyclic) bond motifs is 2. The maximum atomic E-state index is 11.1. The molecule has 35 heavy (non-hydrogen) atoms. The Morgan fingerprint density at radius 1 is 0.686 bits per heavy atom. The summed E-state index contributed by atoms with van der Waals surface area (Å²) in [7, 11) is 0. The van der Waals surface area contributed by atoms with Crippen LogP contribution in [0.15, 0.2) is 48.5 Å². The van der Waals surface area contributed by atoms with E-state index in [1.165, 1.54) is 37.3 Å². The minimum atomic E-state index is -0.307. The number of nitrogens with zero attached hydrogens (tertiary/aromatic N) is 3. The van der Waals surface area contributed by atoms with Crippen LogP contribution in [0.5, 0.6) is 0 Å². The van der Waals surface area contributed by atoms with E-state index in [1.54, 1.807) is 4.90 Å². The highest BCUT2D eigenvalue weighted by molar-refractivity contribution is 6.62. The van der Waals surface area contributed by atoms with Crippen molar-refractivity contribution in [2.24, 2.45) is 23.7 Å². The van der Waals surface area contributed by atoms with E-state index in [2.05, 4.69) is 39.4 Å². The largest absolute Gasteiger partial charge is 0.329 e. The van der Waals surface area contributed by atoms with E-state index in [9.17, 15) is 4.79 Å². The van der Waals surface area contributed by atoms with Crippen LogP contribution >= 0.6 is 34.8 Å². The Hall–Kier alpha value is -1.34. The molecule has 188 valence electrons. The molecule has 1 amide bonds. The van der Waals surface area contributed by atoms with E-state index in [0.717, 1.165) is 61.1 Å². The zero-order valence-corrected chi connectivity index (χ0v) is 22.2. The van der Waals surface area contributed by atoms with Gasteiger partial charge in [-0.15, -0.1) is 0 Å². The van der Waals surface area contributed by atoms with Gasteiger partial charge in [-0.1, -0.05) is 47.5 Å². The lowest BCUT2D eigenvalue weighted by Crippen LogP contribution is -2.30. The SMILES string of the molecule is Clc1ccc(CN2CC3CNCC3C2)cc1.O=C(Cl)N1CC2CN(Cc3ccc(Cl)cc3)CC2C1. The summed E-state index contributed by atoms with van der Waals surface area (Å²) < 4.78 is 0. The first kappa shape index (κ1) is 25.3. The van der Waals surface area contributed by atoms with Crippen LogP contribution in [0.3, 0.4) is 0 Å². The molecule has 4 saturated heterocycles. The minimum Gasteiger partial charge on any atom is -0.329 e. The molecule has 0 saturated carbocycles. The molecule has 4 aliphatic heterocycles. The zero-order chi connectivity index (χ0) is 24.4. The lowest BCUT2D eigenvalue weighted by molar-refractivity contribution is 0.221. The van der Waals surface area contributed by atoms with Gasteiger partial charge in [0.2, 0.25) is 0 Å². The molecule has 4 heterocycles. The number of halogens is 3. The van der Waals surface area contributed by atoms with E-state index in [4.69, 9.17) is 34.8 Å². The summed E-state index contributed by atoms with van der Waals surface area (Å²) in [5.41, 5.74) is 2.66. The third-order valence-electron chi connectivity index (χ3n) is 7.91. The van der Waals surface area contributed by atoms with Crippen LogP contribution in [0.4, 0.5) is 4.79 Å². The van der Waals surface area contributed by atoms with Gasteiger partial charge in [0.1, 0.15) is 0 Å². The first-order valence-corrected chi connectivity index (χ1v) is 13.6. The van der Waals surface area contributed by atoms with Crippen molar-refractivity contribution >= 4 is 40.2 Å². The highest BCUT2D eigenvalue weighted by Crippen LogP contribution is 2.32. The molecule has 6 rings (SSSR count). The second-order valence-corrected chi connectivity index (χ2v) is 11.7. The van der Waals surface area contributed by atoms with Gasteiger partial charge in [0.05, 0.1) is 0 Å². The fourth-order valence-corrected chi connectivity index (χ4v) is 6.53. The molecule has 4 aliphatic rings. The average Bonchev–Trinajstić information content (AvgIpc) is 3.58. The smallest absolute Gasteiger partial charge is 0.316 e. The summed E-state index contributed by atoms with van der Waals surface area (Å²) in [6, 6.07) is 16.2. The van der Waals surface area contributed by atoms with Crippen LogP contribution in [0.25, 0.3) is 0 Å². The van der Waals surface area contributed by atoms with Crippen molar-refractivity contribution in [1.82, 2.24) is 20.0 Å². The van der Waals surface area contributed by atoms with Gasteiger partial charge in [0.15, 0.2) is 0 Å². The maximum Gasteiger partial charge on any atom is 0.316 e. The number of nitrogens with one attached hydrogen (secondary N) is 1. The van der Waals surface area contributed by atoms with E-state index in [0.29, 0.717) is 11.8 Å². The molecular formula is C27H33Cl3N4O. The normalized spacial score (nSPS) is 28.0. The summed E-state index contributed by atoms with van der Waals surface area (Å²) >= 11 is 17.3. The van der Waals surface area contributed by atoms with Crippen molar-refractivity contribution in [3.05, 3.63) is 69.7 Å². The van der Waals surface area contributed by atoms with E-state index >= 15 is 0 Å². The number of hydrogen-bond acceptors (Lipinski definition) is 4. The Morgan fingerprint density at radius 2 is 1.09 bits per heavy atom. The lowest BCUT2D eigenvalue weighted by Gasteiger charge is -2.20. The van der Waals surface area contributed by atoms with Crippen LogP contribution in [0.1, 0.15) is 11.1 Å². The lowest BCUT2D eigenvalue weighted by atomic mass is 10.0. The highest BCUT2D eigenvalue weighted by Gasteiger charge is 2.41. The van der Waals surface area contributed by atoms with Crippen LogP contribution in [-0.4, -0.2) is 72.4 Å². The molecule has 0 radical (unpaired) electrons. The molecule has 4 unspecified atom stereocenters. The molecule has 0 aromatic heterocycles. The first-order chi connectivity index (χ1) is 16.9. The van der Waals surface area contributed by atoms with Crippen molar-refractivity contribution in [3.63, 3.8) is 0 Å². The van der Waals surface area contributed by atoms with Gasteiger partial charge < -0.3 is 10.2 Å². The number of rotatable bonds is 4. The summed E-state index contributed by atoms with van der Waals surface area (Å²) in [6.07, 6.45) is 0. The van der Waals surface area contributed by atoms with Crippen molar-refractivity contribution in [2.75, 3.05) is 52.4 Å². The predicted octanol–water partition coefficient (Wildman–Crippen LogP) is 5.05. The number of benzene rings is 2. The topological polar surface area (TPSA) is 38.8 Å². The Kier molecular flexibility index (Phi) is 8.22. The molecule has 4 fully saturated rings. The molecule has 1 N–H and O–H groups in total. The van der Waals surface area contributed by atoms with Gasteiger partial charge in [0.25, 0.3) is 0 Å². The average molecular weight is 536 g/mol. The number of carbonyl (C=O) groups excluding carboxylic acids is 1. The second kappa shape index (κ2) is 11.4. The summed E-state index contributed by atoms with van der Waals surface area (Å²) in [5, 5.41) is 4.77. The molecule has 0 bridgehead atoms. The van der Waals surface area contributed by atoms with Gasteiger partial charge in [-0.25, -0.2) is 0 Å². The molecule has 5 nitrogen and oxygen atoms in total. The van der Waals surface area contributed by atoms with Crippen molar-refractivity contribution < 1.29 is 4.79 Å². The summed E-state index contributed by atoms with van der Waals surface area (Å²) in [4.78, 5) is 17.9. The van der Waals surface area contributed by atoms with E-state index in [1.807, 2.05) is 24.3 Å². The quantitative estimate of drug-likeness (QED) is 0.439.